The zero-order valence-electron chi connectivity index (χ0n) is 14.7. The predicted molar refractivity (Wildman–Crippen MR) is 102 cm³/mol. The fraction of sp³-hybridized carbons (Fsp3) is 0.474. The first-order valence-corrected chi connectivity index (χ1v) is 9.64. The molecule has 25 heavy (non-hydrogen) atoms. The molecule has 0 saturated heterocycles. The molecule has 1 aromatic heterocycles. The summed E-state index contributed by atoms with van der Waals surface area (Å²) < 4.78 is 5.47. The summed E-state index contributed by atoms with van der Waals surface area (Å²) in [6.07, 6.45) is 3.68. The Hall–Kier alpha value is -1.92. The van der Waals surface area contributed by atoms with Crippen LogP contribution in [0.3, 0.4) is 0 Å². The number of benzene rings is 1. The highest BCUT2D eigenvalue weighted by molar-refractivity contribution is 7.16. The van der Waals surface area contributed by atoms with E-state index in [9.17, 15) is 4.79 Å². The fourth-order valence-corrected chi connectivity index (χ4v) is 4.17. The number of ether oxygens (including phenoxy) is 1. The van der Waals surface area contributed by atoms with Crippen LogP contribution in [0.1, 0.15) is 37.5 Å². The minimum absolute atomic E-state index is 0.00865. The van der Waals surface area contributed by atoms with Gasteiger partial charge in [0.05, 0.1) is 12.3 Å². The molecule has 2 aromatic rings. The standard InChI is InChI=1S/C19H25N3O2S/c1-3-24-15-9-7-13(8-10-15)18-12(2)25-19(22-18)21-17(23)11-14-5-4-6-16(14)20/h7-10,14,16H,3-6,11,20H2,1-2H3,(H,21,22,23)/t14-,16+/m0/s1. The molecule has 134 valence electrons. The first-order valence-electron chi connectivity index (χ1n) is 8.83. The van der Waals surface area contributed by atoms with Crippen LogP contribution in [-0.4, -0.2) is 23.5 Å². The predicted octanol–water partition coefficient (Wildman–Crippen LogP) is 3.97. The van der Waals surface area contributed by atoms with Gasteiger partial charge in [0, 0.05) is 22.9 Å². The SMILES string of the molecule is CCOc1ccc(-c2nc(NC(=O)C[C@@H]3CCC[C@H]3N)sc2C)cc1. The van der Waals surface area contributed by atoms with Crippen molar-refractivity contribution < 1.29 is 9.53 Å². The summed E-state index contributed by atoms with van der Waals surface area (Å²) in [6.45, 7) is 4.63. The number of anilines is 1. The summed E-state index contributed by atoms with van der Waals surface area (Å²) in [5.41, 5.74) is 7.98. The van der Waals surface area contributed by atoms with Crippen LogP contribution in [0.4, 0.5) is 5.13 Å². The first-order chi connectivity index (χ1) is 12.1. The molecule has 1 aliphatic rings. The lowest BCUT2D eigenvalue weighted by molar-refractivity contribution is -0.117. The summed E-state index contributed by atoms with van der Waals surface area (Å²) in [6, 6.07) is 8.03. The number of aromatic nitrogens is 1. The van der Waals surface area contributed by atoms with Crippen molar-refractivity contribution in [2.75, 3.05) is 11.9 Å². The number of aryl methyl sites for hydroxylation is 1. The summed E-state index contributed by atoms with van der Waals surface area (Å²) in [4.78, 5) is 18.0. The van der Waals surface area contributed by atoms with Crippen molar-refractivity contribution in [3.63, 3.8) is 0 Å². The number of nitrogens with zero attached hydrogens (tertiary/aromatic N) is 1. The lowest BCUT2D eigenvalue weighted by Crippen LogP contribution is -2.28. The number of nitrogens with one attached hydrogen (secondary N) is 1. The van der Waals surface area contributed by atoms with E-state index >= 15 is 0 Å². The van der Waals surface area contributed by atoms with Crippen LogP contribution in [0.5, 0.6) is 5.75 Å². The number of rotatable bonds is 6. The van der Waals surface area contributed by atoms with Crippen molar-refractivity contribution in [3.05, 3.63) is 29.1 Å². The molecule has 2 atom stereocenters. The Labute approximate surface area is 152 Å². The molecule has 6 heteroatoms. The van der Waals surface area contributed by atoms with E-state index in [0.717, 1.165) is 41.1 Å². The topological polar surface area (TPSA) is 77.2 Å². The molecule has 1 aliphatic carbocycles. The summed E-state index contributed by atoms with van der Waals surface area (Å²) in [7, 11) is 0. The van der Waals surface area contributed by atoms with E-state index in [4.69, 9.17) is 10.5 Å². The third kappa shape index (κ3) is 4.38. The third-order valence-electron chi connectivity index (χ3n) is 4.65. The second kappa shape index (κ2) is 7.97. The third-order valence-corrected chi connectivity index (χ3v) is 5.53. The maximum atomic E-state index is 12.3. The number of hydrogen-bond acceptors (Lipinski definition) is 5. The van der Waals surface area contributed by atoms with Gasteiger partial charge in [0.1, 0.15) is 5.75 Å². The lowest BCUT2D eigenvalue weighted by Gasteiger charge is -2.13. The molecule has 0 spiro atoms. The van der Waals surface area contributed by atoms with Crippen molar-refractivity contribution >= 4 is 22.4 Å². The number of amides is 1. The highest BCUT2D eigenvalue weighted by Crippen LogP contribution is 2.32. The average Bonchev–Trinajstić information content (AvgIpc) is 3.14. The quantitative estimate of drug-likeness (QED) is 0.818. The number of hydrogen-bond donors (Lipinski definition) is 2. The van der Waals surface area contributed by atoms with Crippen LogP contribution in [0, 0.1) is 12.8 Å². The Morgan fingerprint density at radius 3 is 2.76 bits per heavy atom. The van der Waals surface area contributed by atoms with E-state index in [1.807, 2.05) is 38.1 Å². The number of nitrogens with two attached hydrogens (primary N) is 1. The number of carbonyl (C=O) groups is 1. The van der Waals surface area contributed by atoms with Gasteiger partial charge < -0.3 is 15.8 Å². The molecule has 0 bridgehead atoms. The maximum absolute atomic E-state index is 12.3. The summed E-state index contributed by atoms with van der Waals surface area (Å²) in [5, 5.41) is 3.59. The van der Waals surface area contributed by atoms with Gasteiger partial charge in [0.25, 0.3) is 0 Å². The van der Waals surface area contributed by atoms with Gasteiger partial charge in [-0.15, -0.1) is 11.3 Å². The molecular weight excluding hydrogens is 334 g/mol. The second-order valence-corrected chi connectivity index (χ2v) is 7.69. The fourth-order valence-electron chi connectivity index (χ4n) is 3.32. The van der Waals surface area contributed by atoms with Gasteiger partial charge in [0.15, 0.2) is 5.13 Å². The van der Waals surface area contributed by atoms with Crippen molar-refractivity contribution in [1.82, 2.24) is 4.98 Å². The van der Waals surface area contributed by atoms with Gasteiger partial charge >= 0.3 is 0 Å². The Kier molecular flexibility index (Phi) is 5.71. The Bertz CT molecular complexity index is 727. The largest absolute Gasteiger partial charge is 0.494 e. The highest BCUT2D eigenvalue weighted by Gasteiger charge is 2.26. The first kappa shape index (κ1) is 17.9. The minimum atomic E-state index is 0.00865. The molecular formula is C19H25N3O2S. The molecule has 0 unspecified atom stereocenters. The van der Waals surface area contributed by atoms with Gasteiger partial charge in [-0.05, 0) is 56.9 Å². The smallest absolute Gasteiger partial charge is 0.226 e. The van der Waals surface area contributed by atoms with E-state index in [2.05, 4.69) is 10.3 Å². The minimum Gasteiger partial charge on any atom is -0.494 e. The van der Waals surface area contributed by atoms with E-state index in [1.165, 1.54) is 11.3 Å². The van der Waals surface area contributed by atoms with E-state index in [-0.39, 0.29) is 11.9 Å². The zero-order chi connectivity index (χ0) is 17.8. The van der Waals surface area contributed by atoms with Crippen molar-refractivity contribution in [2.24, 2.45) is 11.7 Å². The van der Waals surface area contributed by atoms with Crippen molar-refractivity contribution in [1.29, 1.82) is 0 Å². The normalized spacial score (nSPS) is 19.8. The lowest BCUT2D eigenvalue weighted by atomic mass is 10.00. The monoisotopic (exact) mass is 359 g/mol. The Morgan fingerprint density at radius 2 is 2.12 bits per heavy atom. The van der Waals surface area contributed by atoms with Gasteiger partial charge in [-0.25, -0.2) is 4.98 Å². The number of thiazole rings is 1. The molecule has 1 saturated carbocycles. The van der Waals surface area contributed by atoms with Gasteiger partial charge in [-0.3, -0.25) is 4.79 Å². The average molecular weight is 359 g/mol. The van der Waals surface area contributed by atoms with Crippen LogP contribution in [0.25, 0.3) is 11.3 Å². The maximum Gasteiger partial charge on any atom is 0.226 e. The molecule has 1 aromatic carbocycles. The van der Waals surface area contributed by atoms with Gasteiger partial charge in [-0.1, -0.05) is 6.42 Å². The summed E-state index contributed by atoms with van der Waals surface area (Å²) >= 11 is 1.51. The van der Waals surface area contributed by atoms with Crippen LogP contribution in [0.15, 0.2) is 24.3 Å². The second-order valence-electron chi connectivity index (χ2n) is 6.49. The van der Waals surface area contributed by atoms with E-state index in [1.54, 1.807) is 0 Å². The molecule has 1 heterocycles. The molecule has 5 nitrogen and oxygen atoms in total. The Balaban J connectivity index is 1.66. The molecule has 3 rings (SSSR count). The summed E-state index contributed by atoms with van der Waals surface area (Å²) in [5.74, 6) is 1.15. The van der Waals surface area contributed by atoms with Crippen LogP contribution < -0.4 is 15.8 Å². The van der Waals surface area contributed by atoms with Crippen LogP contribution in [0.2, 0.25) is 0 Å². The number of carbonyl (C=O) groups excluding carboxylic acids is 1. The van der Waals surface area contributed by atoms with E-state index < -0.39 is 0 Å². The molecule has 0 aliphatic heterocycles. The Morgan fingerprint density at radius 1 is 1.36 bits per heavy atom. The molecule has 1 amide bonds. The van der Waals surface area contributed by atoms with Crippen molar-refractivity contribution in [2.45, 2.75) is 45.6 Å². The van der Waals surface area contributed by atoms with Crippen LogP contribution in [-0.2, 0) is 4.79 Å². The zero-order valence-corrected chi connectivity index (χ0v) is 15.6. The van der Waals surface area contributed by atoms with Crippen molar-refractivity contribution in [3.8, 4) is 17.0 Å². The molecule has 1 fully saturated rings. The highest BCUT2D eigenvalue weighted by atomic mass is 32.1. The van der Waals surface area contributed by atoms with Gasteiger partial charge in [0.2, 0.25) is 5.91 Å². The molecule has 3 N–H and O–H groups in total. The van der Waals surface area contributed by atoms with E-state index in [0.29, 0.717) is 24.1 Å². The van der Waals surface area contributed by atoms with Crippen LogP contribution >= 0.6 is 11.3 Å². The molecule has 0 radical (unpaired) electrons. The van der Waals surface area contributed by atoms with Gasteiger partial charge in [-0.2, -0.15) is 0 Å².